The monoisotopic (exact) mass is 480 g/mol. The van der Waals surface area contributed by atoms with Crippen molar-refractivity contribution in [2.75, 3.05) is 32.1 Å². The van der Waals surface area contributed by atoms with Gasteiger partial charge in [0, 0.05) is 23.8 Å². The largest absolute Gasteiger partial charge is 0.496 e. The van der Waals surface area contributed by atoms with Crippen molar-refractivity contribution in [3.05, 3.63) is 53.1 Å². The summed E-state index contributed by atoms with van der Waals surface area (Å²) in [5.41, 5.74) is 0.432. The van der Waals surface area contributed by atoms with Crippen molar-refractivity contribution in [3.8, 4) is 5.75 Å². The van der Waals surface area contributed by atoms with Gasteiger partial charge in [-0.1, -0.05) is 24.4 Å². The molecule has 1 heterocycles. The van der Waals surface area contributed by atoms with Crippen LogP contribution in [0, 0.1) is 0 Å². The van der Waals surface area contributed by atoms with Crippen LogP contribution >= 0.6 is 11.6 Å². The minimum Gasteiger partial charge on any atom is -0.496 e. The van der Waals surface area contributed by atoms with Gasteiger partial charge in [0.2, 0.25) is 10.0 Å². The van der Waals surface area contributed by atoms with E-state index < -0.39 is 28.5 Å². The van der Waals surface area contributed by atoms with Crippen molar-refractivity contribution >= 4 is 39.2 Å². The summed E-state index contributed by atoms with van der Waals surface area (Å²) >= 11 is 5.81. The number of anilines is 1. The maximum atomic E-state index is 13.1. The Bertz CT molecular complexity index is 1060. The first-order valence-electron chi connectivity index (χ1n) is 10.2. The summed E-state index contributed by atoms with van der Waals surface area (Å²) in [7, 11) is -2.40. The van der Waals surface area contributed by atoms with Crippen LogP contribution < -0.4 is 10.1 Å². The Balaban J connectivity index is 1.72. The second kappa shape index (κ2) is 10.8. The highest BCUT2D eigenvalue weighted by molar-refractivity contribution is 7.89. The van der Waals surface area contributed by atoms with Crippen LogP contribution in [0.15, 0.2) is 47.4 Å². The number of benzene rings is 2. The number of ether oxygens (including phenoxy) is 2. The number of carbonyl (C=O) groups is 2. The predicted molar refractivity (Wildman–Crippen MR) is 121 cm³/mol. The third-order valence-corrected chi connectivity index (χ3v) is 7.20. The van der Waals surface area contributed by atoms with Gasteiger partial charge < -0.3 is 14.8 Å². The molecule has 0 aromatic heterocycles. The fraction of sp³-hybridized carbons (Fsp3) is 0.364. The average molecular weight is 481 g/mol. The number of nitrogens with zero attached hydrogens (tertiary/aromatic N) is 1. The van der Waals surface area contributed by atoms with Gasteiger partial charge in [0.25, 0.3) is 5.91 Å². The second-order valence-corrected chi connectivity index (χ2v) is 9.69. The molecule has 2 aromatic rings. The number of hydrogen-bond acceptors (Lipinski definition) is 6. The SMILES string of the molecule is COc1ccc(S(=O)(=O)N2CCCCCC2)cc1C(=O)OCC(=O)Nc1ccc(Cl)cc1. The number of sulfonamides is 1. The summed E-state index contributed by atoms with van der Waals surface area (Å²) in [6.45, 7) is 0.339. The number of halogens is 1. The predicted octanol–water partition coefficient (Wildman–Crippen LogP) is 3.71. The minimum atomic E-state index is -3.76. The Morgan fingerprint density at radius 3 is 2.31 bits per heavy atom. The van der Waals surface area contributed by atoms with Crippen LogP contribution in [0.3, 0.4) is 0 Å². The van der Waals surface area contributed by atoms with E-state index in [-0.39, 0.29) is 16.2 Å². The highest BCUT2D eigenvalue weighted by atomic mass is 35.5. The van der Waals surface area contributed by atoms with Crippen LogP contribution in [0.5, 0.6) is 5.75 Å². The fourth-order valence-electron chi connectivity index (χ4n) is 3.38. The van der Waals surface area contributed by atoms with E-state index in [1.165, 1.54) is 29.6 Å². The van der Waals surface area contributed by atoms with Gasteiger partial charge >= 0.3 is 5.97 Å². The number of carbonyl (C=O) groups excluding carboxylic acids is 2. The first-order chi connectivity index (χ1) is 15.3. The van der Waals surface area contributed by atoms with Crippen molar-refractivity contribution in [3.63, 3.8) is 0 Å². The highest BCUT2D eigenvalue weighted by Gasteiger charge is 2.27. The molecule has 1 aliphatic rings. The van der Waals surface area contributed by atoms with Gasteiger partial charge in [0.05, 0.1) is 12.0 Å². The van der Waals surface area contributed by atoms with E-state index in [4.69, 9.17) is 21.1 Å². The van der Waals surface area contributed by atoms with Gasteiger partial charge in [-0.05, 0) is 55.3 Å². The van der Waals surface area contributed by atoms with Crippen LogP contribution in [0.1, 0.15) is 36.0 Å². The Kier molecular flexibility index (Phi) is 8.11. The fourth-order valence-corrected chi connectivity index (χ4v) is 5.05. The maximum Gasteiger partial charge on any atom is 0.342 e. The van der Waals surface area contributed by atoms with Crippen molar-refractivity contribution in [2.24, 2.45) is 0 Å². The van der Waals surface area contributed by atoms with E-state index in [1.807, 2.05) is 0 Å². The molecule has 1 N–H and O–H groups in total. The van der Waals surface area contributed by atoms with Gasteiger partial charge in [-0.15, -0.1) is 0 Å². The molecule has 1 aliphatic heterocycles. The lowest BCUT2D eigenvalue weighted by atomic mass is 10.2. The van der Waals surface area contributed by atoms with Crippen LogP contribution in [-0.2, 0) is 19.6 Å². The van der Waals surface area contributed by atoms with E-state index in [2.05, 4.69) is 5.32 Å². The Morgan fingerprint density at radius 2 is 1.69 bits per heavy atom. The number of esters is 1. The molecule has 2 aromatic carbocycles. The molecule has 0 bridgehead atoms. The summed E-state index contributed by atoms with van der Waals surface area (Å²) < 4.78 is 37.9. The van der Waals surface area contributed by atoms with Gasteiger partial charge in [-0.3, -0.25) is 4.79 Å². The van der Waals surface area contributed by atoms with E-state index in [0.717, 1.165) is 25.7 Å². The molecule has 172 valence electrons. The molecule has 0 spiro atoms. The molecule has 32 heavy (non-hydrogen) atoms. The lowest BCUT2D eigenvalue weighted by Gasteiger charge is -2.20. The molecular weight excluding hydrogens is 456 g/mol. The number of nitrogens with one attached hydrogen (secondary N) is 1. The first kappa shape index (κ1) is 24.0. The van der Waals surface area contributed by atoms with Crippen LogP contribution in [0.4, 0.5) is 5.69 Å². The molecule has 1 saturated heterocycles. The number of hydrogen-bond donors (Lipinski definition) is 1. The molecule has 0 atom stereocenters. The Labute approximate surface area is 192 Å². The van der Waals surface area contributed by atoms with Gasteiger partial charge in [-0.25, -0.2) is 13.2 Å². The molecule has 8 nitrogen and oxygen atoms in total. The van der Waals surface area contributed by atoms with Crippen LogP contribution in [0.25, 0.3) is 0 Å². The van der Waals surface area contributed by atoms with Gasteiger partial charge in [0.15, 0.2) is 6.61 Å². The van der Waals surface area contributed by atoms with Crippen molar-refractivity contribution < 1.29 is 27.5 Å². The molecular formula is C22H25ClN2O6S. The molecule has 3 rings (SSSR count). The molecule has 0 radical (unpaired) electrons. The summed E-state index contributed by atoms with van der Waals surface area (Å²) in [6, 6.07) is 10.5. The van der Waals surface area contributed by atoms with Gasteiger partial charge in [0.1, 0.15) is 11.3 Å². The average Bonchev–Trinajstić information content (AvgIpc) is 3.09. The van der Waals surface area contributed by atoms with Crippen molar-refractivity contribution in [1.82, 2.24) is 4.31 Å². The summed E-state index contributed by atoms with van der Waals surface area (Å²) in [5.74, 6) is -1.25. The zero-order valence-corrected chi connectivity index (χ0v) is 19.2. The summed E-state index contributed by atoms with van der Waals surface area (Å²) in [4.78, 5) is 24.7. The molecule has 0 unspecified atom stereocenters. The number of rotatable bonds is 7. The first-order valence-corrected chi connectivity index (χ1v) is 12.0. The van der Waals surface area contributed by atoms with E-state index in [9.17, 15) is 18.0 Å². The summed E-state index contributed by atoms with van der Waals surface area (Å²) in [6.07, 6.45) is 3.58. The summed E-state index contributed by atoms with van der Waals surface area (Å²) in [5, 5.41) is 3.11. The topological polar surface area (TPSA) is 102 Å². The standard InChI is InChI=1S/C22H25ClN2O6S/c1-30-20-11-10-18(32(28,29)25-12-4-2-3-5-13-25)14-19(20)22(27)31-15-21(26)24-17-8-6-16(23)7-9-17/h6-11,14H,2-5,12-13,15H2,1H3,(H,24,26). The van der Waals surface area contributed by atoms with E-state index in [1.54, 1.807) is 24.3 Å². The minimum absolute atomic E-state index is 0.0160. The third-order valence-electron chi connectivity index (χ3n) is 5.06. The molecule has 0 saturated carbocycles. The van der Waals surface area contributed by atoms with E-state index >= 15 is 0 Å². The van der Waals surface area contributed by atoms with Crippen molar-refractivity contribution in [2.45, 2.75) is 30.6 Å². The zero-order valence-electron chi connectivity index (χ0n) is 17.7. The quantitative estimate of drug-likeness (QED) is 0.606. The second-order valence-electron chi connectivity index (χ2n) is 7.31. The van der Waals surface area contributed by atoms with E-state index in [0.29, 0.717) is 23.8 Å². The Hall–Kier alpha value is -2.62. The normalized spacial score (nSPS) is 14.9. The van der Waals surface area contributed by atoms with Gasteiger partial charge in [-0.2, -0.15) is 4.31 Å². The third kappa shape index (κ3) is 5.99. The Morgan fingerprint density at radius 1 is 1.03 bits per heavy atom. The lowest BCUT2D eigenvalue weighted by Crippen LogP contribution is -2.32. The molecule has 1 fully saturated rings. The lowest BCUT2D eigenvalue weighted by molar-refractivity contribution is -0.119. The number of methoxy groups -OCH3 is 1. The zero-order chi connectivity index (χ0) is 23.1. The van der Waals surface area contributed by atoms with Crippen LogP contribution in [0.2, 0.25) is 5.02 Å². The van der Waals surface area contributed by atoms with Crippen molar-refractivity contribution in [1.29, 1.82) is 0 Å². The van der Waals surface area contributed by atoms with Crippen LogP contribution in [-0.4, -0.2) is 51.4 Å². The smallest absolute Gasteiger partial charge is 0.342 e. The number of amides is 1. The molecule has 1 amide bonds. The molecule has 0 aliphatic carbocycles. The highest BCUT2D eigenvalue weighted by Crippen LogP contribution is 2.27. The molecule has 10 heteroatoms. The maximum absolute atomic E-state index is 13.1.